The van der Waals surface area contributed by atoms with Crippen LogP contribution in [0.4, 0.5) is 5.95 Å². The molecule has 0 aromatic carbocycles. The molecule has 0 amide bonds. The molecule has 0 unspecified atom stereocenters. The molecular weight excluding hydrogens is 162 g/mol. The standard InChI is InChI=1S/C7H9N3.ClH/c8-7-9-4-3-6(10-7)5-1-2-5;/h3-5H,1-2H2,(H2,8,9,10);1H. The molecule has 0 spiro atoms. The van der Waals surface area contributed by atoms with E-state index in [-0.39, 0.29) is 12.4 Å². The van der Waals surface area contributed by atoms with E-state index >= 15 is 0 Å². The maximum atomic E-state index is 5.40. The van der Waals surface area contributed by atoms with E-state index in [0.717, 1.165) is 5.69 Å². The SMILES string of the molecule is Cl.Nc1nccc(C2CC2)n1. The minimum absolute atomic E-state index is 0. The fourth-order valence-electron chi connectivity index (χ4n) is 0.995. The molecule has 1 aliphatic rings. The van der Waals surface area contributed by atoms with Crippen molar-refractivity contribution in [1.82, 2.24) is 9.97 Å². The predicted octanol–water partition coefficient (Wildman–Crippen LogP) is 1.36. The van der Waals surface area contributed by atoms with Crippen molar-refractivity contribution in [3.05, 3.63) is 18.0 Å². The Balaban J connectivity index is 0.000000605. The van der Waals surface area contributed by atoms with Crippen LogP contribution in [0.3, 0.4) is 0 Å². The summed E-state index contributed by atoms with van der Waals surface area (Å²) in [7, 11) is 0. The average molecular weight is 172 g/mol. The first-order chi connectivity index (χ1) is 4.86. The largest absolute Gasteiger partial charge is 0.368 e. The summed E-state index contributed by atoms with van der Waals surface area (Å²) in [5.41, 5.74) is 6.51. The van der Waals surface area contributed by atoms with Gasteiger partial charge in [-0.2, -0.15) is 0 Å². The molecule has 1 saturated carbocycles. The molecule has 1 aromatic heterocycles. The van der Waals surface area contributed by atoms with E-state index in [4.69, 9.17) is 5.73 Å². The Morgan fingerprint density at radius 2 is 2.18 bits per heavy atom. The molecule has 0 radical (unpaired) electrons. The average Bonchev–Trinajstić information content (AvgIpc) is 2.68. The quantitative estimate of drug-likeness (QED) is 0.694. The molecule has 1 fully saturated rings. The van der Waals surface area contributed by atoms with Crippen LogP contribution in [0.15, 0.2) is 12.3 Å². The van der Waals surface area contributed by atoms with E-state index in [1.165, 1.54) is 12.8 Å². The van der Waals surface area contributed by atoms with E-state index in [1.807, 2.05) is 6.07 Å². The van der Waals surface area contributed by atoms with Crippen LogP contribution in [0, 0.1) is 0 Å². The Morgan fingerprint density at radius 1 is 1.45 bits per heavy atom. The highest BCUT2D eigenvalue weighted by molar-refractivity contribution is 5.85. The maximum Gasteiger partial charge on any atom is 0.220 e. The van der Waals surface area contributed by atoms with Gasteiger partial charge >= 0.3 is 0 Å². The number of nitrogen functional groups attached to an aromatic ring is 1. The second-order valence-electron chi connectivity index (χ2n) is 2.61. The van der Waals surface area contributed by atoms with Gasteiger partial charge in [-0.05, 0) is 18.9 Å². The van der Waals surface area contributed by atoms with Crippen molar-refractivity contribution in [2.75, 3.05) is 5.73 Å². The molecule has 0 bridgehead atoms. The number of nitrogens with zero attached hydrogens (tertiary/aromatic N) is 2. The number of halogens is 1. The molecule has 0 aliphatic heterocycles. The molecule has 4 heteroatoms. The van der Waals surface area contributed by atoms with Crippen molar-refractivity contribution in [3.8, 4) is 0 Å². The van der Waals surface area contributed by atoms with Crippen LogP contribution in [0.1, 0.15) is 24.5 Å². The van der Waals surface area contributed by atoms with Gasteiger partial charge in [-0.25, -0.2) is 9.97 Å². The number of hydrogen-bond acceptors (Lipinski definition) is 3. The lowest BCUT2D eigenvalue weighted by molar-refractivity contribution is 0.998. The number of anilines is 1. The van der Waals surface area contributed by atoms with Gasteiger partial charge in [0.25, 0.3) is 0 Å². The predicted molar refractivity (Wildman–Crippen MR) is 45.7 cm³/mol. The Kier molecular flexibility index (Phi) is 2.29. The zero-order valence-electron chi connectivity index (χ0n) is 6.03. The van der Waals surface area contributed by atoms with Crippen molar-refractivity contribution < 1.29 is 0 Å². The molecule has 60 valence electrons. The van der Waals surface area contributed by atoms with Crippen LogP contribution in [0.2, 0.25) is 0 Å². The first-order valence-corrected chi connectivity index (χ1v) is 3.44. The van der Waals surface area contributed by atoms with Gasteiger partial charge < -0.3 is 5.73 Å². The summed E-state index contributed by atoms with van der Waals surface area (Å²) in [5.74, 6) is 1.06. The summed E-state index contributed by atoms with van der Waals surface area (Å²) in [6, 6.07) is 1.94. The Hall–Kier alpha value is -0.830. The van der Waals surface area contributed by atoms with Crippen molar-refractivity contribution >= 4 is 18.4 Å². The minimum Gasteiger partial charge on any atom is -0.368 e. The lowest BCUT2D eigenvalue weighted by atomic mass is 10.3. The van der Waals surface area contributed by atoms with Crippen LogP contribution in [0.5, 0.6) is 0 Å². The Labute approximate surface area is 71.5 Å². The van der Waals surface area contributed by atoms with Crippen LogP contribution in [-0.4, -0.2) is 9.97 Å². The summed E-state index contributed by atoms with van der Waals surface area (Å²) in [6.45, 7) is 0. The molecule has 0 atom stereocenters. The van der Waals surface area contributed by atoms with Gasteiger partial charge in [-0.15, -0.1) is 12.4 Å². The maximum absolute atomic E-state index is 5.40. The third-order valence-corrected chi connectivity index (χ3v) is 1.69. The van der Waals surface area contributed by atoms with Gasteiger partial charge in [-0.3, -0.25) is 0 Å². The molecule has 3 nitrogen and oxygen atoms in total. The monoisotopic (exact) mass is 171 g/mol. The molecule has 2 N–H and O–H groups in total. The van der Waals surface area contributed by atoms with Crippen molar-refractivity contribution in [3.63, 3.8) is 0 Å². The second-order valence-corrected chi connectivity index (χ2v) is 2.61. The van der Waals surface area contributed by atoms with Crippen molar-refractivity contribution in [2.45, 2.75) is 18.8 Å². The molecule has 1 aromatic rings. The zero-order valence-corrected chi connectivity index (χ0v) is 6.84. The third kappa shape index (κ3) is 1.80. The summed E-state index contributed by atoms with van der Waals surface area (Å²) in [5, 5.41) is 0. The smallest absolute Gasteiger partial charge is 0.220 e. The van der Waals surface area contributed by atoms with Gasteiger partial charge in [0.1, 0.15) is 0 Å². The Bertz CT molecular complexity index is 247. The highest BCUT2D eigenvalue weighted by Gasteiger charge is 2.24. The summed E-state index contributed by atoms with van der Waals surface area (Å²) < 4.78 is 0. The van der Waals surface area contributed by atoms with Gasteiger partial charge in [0, 0.05) is 17.8 Å². The molecule has 2 rings (SSSR count). The molecule has 11 heavy (non-hydrogen) atoms. The normalized spacial score (nSPS) is 15.6. The first-order valence-electron chi connectivity index (χ1n) is 3.44. The van der Waals surface area contributed by atoms with E-state index < -0.39 is 0 Å². The van der Waals surface area contributed by atoms with Crippen LogP contribution >= 0.6 is 12.4 Å². The van der Waals surface area contributed by atoms with Gasteiger partial charge in [-0.1, -0.05) is 0 Å². The second kappa shape index (κ2) is 3.05. The van der Waals surface area contributed by atoms with Crippen molar-refractivity contribution in [2.24, 2.45) is 0 Å². The minimum atomic E-state index is 0. The first kappa shape index (κ1) is 8.27. The highest BCUT2D eigenvalue weighted by Crippen LogP contribution is 2.38. The molecular formula is C7H10ClN3. The van der Waals surface area contributed by atoms with E-state index in [9.17, 15) is 0 Å². The van der Waals surface area contributed by atoms with Crippen LogP contribution in [0.25, 0.3) is 0 Å². The van der Waals surface area contributed by atoms with E-state index in [1.54, 1.807) is 6.20 Å². The third-order valence-electron chi connectivity index (χ3n) is 1.69. The lowest BCUT2D eigenvalue weighted by Crippen LogP contribution is -1.96. The Morgan fingerprint density at radius 3 is 2.73 bits per heavy atom. The van der Waals surface area contributed by atoms with E-state index in [0.29, 0.717) is 11.9 Å². The molecule has 1 aliphatic carbocycles. The molecule has 1 heterocycles. The van der Waals surface area contributed by atoms with Gasteiger partial charge in [0.15, 0.2) is 0 Å². The summed E-state index contributed by atoms with van der Waals surface area (Å²) >= 11 is 0. The van der Waals surface area contributed by atoms with Crippen molar-refractivity contribution in [1.29, 1.82) is 0 Å². The fraction of sp³-hybridized carbons (Fsp3) is 0.429. The zero-order chi connectivity index (χ0) is 6.97. The number of rotatable bonds is 1. The van der Waals surface area contributed by atoms with Gasteiger partial charge in [0.05, 0.1) is 0 Å². The summed E-state index contributed by atoms with van der Waals surface area (Å²) in [4.78, 5) is 7.92. The van der Waals surface area contributed by atoms with E-state index in [2.05, 4.69) is 9.97 Å². The topological polar surface area (TPSA) is 51.8 Å². The van der Waals surface area contributed by atoms with Crippen LogP contribution < -0.4 is 5.73 Å². The van der Waals surface area contributed by atoms with Gasteiger partial charge in [0.2, 0.25) is 5.95 Å². The lowest BCUT2D eigenvalue weighted by Gasteiger charge is -1.95. The highest BCUT2D eigenvalue weighted by atomic mass is 35.5. The fourth-order valence-corrected chi connectivity index (χ4v) is 0.995. The summed E-state index contributed by atoms with van der Waals surface area (Å²) in [6.07, 6.45) is 4.24. The molecule has 0 saturated heterocycles. The van der Waals surface area contributed by atoms with Crippen LogP contribution in [-0.2, 0) is 0 Å². The number of hydrogen-bond donors (Lipinski definition) is 1. The number of aromatic nitrogens is 2. The number of nitrogens with two attached hydrogens (primary N) is 1.